The Morgan fingerprint density at radius 3 is 2.33 bits per heavy atom. The Morgan fingerprint density at radius 1 is 1.00 bits per heavy atom. The molecule has 0 bridgehead atoms. The average Bonchev–Trinajstić information content (AvgIpc) is 2.69. The lowest BCUT2D eigenvalue weighted by atomic mass is 10.1. The smallest absolute Gasteiger partial charge is 0.191 e. The summed E-state index contributed by atoms with van der Waals surface area (Å²) in [5, 5.41) is 6.68. The molecule has 0 aromatic heterocycles. The van der Waals surface area contributed by atoms with Crippen molar-refractivity contribution in [3.05, 3.63) is 65.7 Å². The van der Waals surface area contributed by atoms with Crippen LogP contribution in [-0.2, 0) is 13.1 Å². The fourth-order valence-electron chi connectivity index (χ4n) is 2.59. The maximum Gasteiger partial charge on any atom is 0.191 e. The van der Waals surface area contributed by atoms with Gasteiger partial charge in [0.05, 0.1) is 6.54 Å². The molecule has 0 spiro atoms. The van der Waals surface area contributed by atoms with Crippen molar-refractivity contribution in [2.75, 3.05) is 27.2 Å². The maximum atomic E-state index is 5.70. The first kappa shape index (κ1) is 20.8. The van der Waals surface area contributed by atoms with E-state index in [4.69, 9.17) is 4.74 Å². The van der Waals surface area contributed by atoms with Gasteiger partial charge < -0.3 is 15.4 Å². The summed E-state index contributed by atoms with van der Waals surface area (Å²) < 4.78 is 5.70. The predicted molar refractivity (Wildman–Crippen MR) is 113 cm³/mol. The molecular weight excluding hydrogens is 336 g/mol. The molecule has 0 aliphatic heterocycles. The molecule has 2 aromatic rings. The molecule has 0 saturated heterocycles. The monoisotopic (exact) mass is 368 g/mol. The van der Waals surface area contributed by atoms with Crippen LogP contribution in [0.3, 0.4) is 0 Å². The zero-order valence-corrected chi connectivity index (χ0v) is 16.9. The quantitative estimate of drug-likeness (QED) is 0.405. The Hall–Kier alpha value is -2.53. The molecule has 0 heterocycles. The van der Waals surface area contributed by atoms with Crippen molar-refractivity contribution in [2.45, 2.75) is 33.0 Å². The minimum Gasteiger partial charge on any atom is -0.492 e. The molecule has 27 heavy (non-hydrogen) atoms. The minimum absolute atomic E-state index is 0.519. The van der Waals surface area contributed by atoms with Crippen molar-refractivity contribution in [2.24, 2.45) is 4.99 Å². The first-order chi connectivity index (χ1) is 13.1. The van der Waals surface area contributed by atoms with E-state index in [1.54, 1.807) is 7.05 Å². The molecule has 146 valence electrons. The van der Waals surface area contributed by atoms with Crippen LogP contribution in [-0.4, -0.2) is 44.1 Å². The second-order valence-corrected chi connectivity index (χ2v) is 6.79. The number of benzene rings is 2. The summed E-state index contributed by atoms with van der Waals surface area (Å²) in [4.78, 5) is 6.64. The molecule has 0 amide bonds. The third-order valence-electron chi connectivity index (χ3n) is 4.50. The third kappa shape index (κ3) is 7.31. The van der Waals surface area contributed by atoms with Crippen LogP contribution in [0.25, 0.3) is 0 Å². The highest BCUT2D eigenvalue weighted by atomic mass is 16.5. The van der Waals surface area contributed by atoms with E-state index in [9.17, 15) is 0 Å². The van der Waals surface area contributed by atoms with Crippen LogP contribution in [0, 0.1) is 0 Å². The van der Waals surface area contributed by atoms with Crippen molar-refractivity contribution in [1.82, 2.24) is 15.5 Å². The first-order valence-electron chi connectivity index (χ1n) is 9.49. The SMILES string of the molecule is CN=C(NCCOc1ccccc1)NCc1ccccc1CN(C)C(C)C. The van der Waals surface area contributed by atoms with Gasteiger partial charge in [0, 0.05) is 26.2 Å². The van der Waals surface area contributed by atoms with E-state index in [0.29, 0.717) is 19.2 Å². The molecule has 2 N–H and O–H groups in total. The van der Waals surface area contributed by atoms with Gasteiger partial charge in [-0.3, -0.25) is 9.89 Å². The normalized spacial score (nSPS) is 11.7. The molecule has 0 saturated carbocycles. The molecule has 0 aliphatic carbocycles. The van der Waals surface area contributed by atoms with Gasteiger partial charge in [-0.2, -0.15) is 0 Å². The summed E-state index contributed by atoms with van der Waals surface area (Å²) in [6.07, 6.45) is 0. The van der Waals surface area contributed by atoms with Crippen molar-refractivity contribution < 1.29 is 4.74 Å². The second kappa shape index (κ2) is 11.2. The Kier molecular flexibility index (Phi) is 8.65. The molecular formula is C22H32N4O. The molecule has 2 rings (SSSR count). The highest BCUT2D eigenvalue weighted by Crippen LogP contribution is 2.12. The van der Waals surface area contributed by atoms with E-state index in [1.807, 2.05) is 30.3 Å². The summed E-state index contributed by atoms with van der Waals surface area (Å²) in [5.74, 6) is 1.66. The number of rotatable bonds is 9. The van der Waals surface area contributed by atoms with Crippen LogP contribution in [0.5, 0.6) is 5.75 Å². The fourth-order valence-corrected chi connectivity index (χ4v) is 2.59. The van der Waals surface area contributed by atoms with Crippen molar-refractivity contribution in [1.29, 1.82) is 0 Å². The number of guanidine groups is 1. The zero-order valence-electron chi connectivity index (χ0n) is 16.9. The summed E-state index contributed by atoms with van der Waals surface area (Å²) in [7, 11) is 3.94. The highest BCUT2D eigenvalue weighted by Gasteiger charge is 2.08. The number of aliphatic imine (C=N–C) groups is 1. The van der Waals surface area contributed by atoms with Gasteiger partial charge in [-0.05, 0) is 44.2 Å². The van der Waals surface area contributed by atoms with Gasteiger partial charge in [0.15, 0.2) is 5.96 Å². The van der Waals surface area contributed by atoms with E-state index in [1.165, 1.54) is 11.1 Å². The van der Waals surface area contributed by atoms with Gasteiger partial charge in [0.2, 0.25) is 0 Å². The molecule has 5 heteroatoms. The van der Waals surface area contributed by atoms with E-state index in [2.05, 4.69) is 65.7 Å². The number of nitrogens with one attached hydrogen (secondary N) is 2. The number of ether oxygens (including phenoxy) is 1. The van der Waals surface area contributed by atoms with E-state index in [-0.39, 0.29) is 0 Å². The van der Waals surface area contributed by atoms with Crippen molar-refractivity contribution in [3.8, 4) is 5.75 Å². The van der Waals surface area contributed by atoms with Gasteiger partial charge in [0.1, 0.15) is 12.4 Å². The Morgan fingerprint density at radius 2 is 1.67 bits per heavy atom. The molecule has 0 aliphatic rings. The Balaban J connectivity index is 1.80. The van der Waals surface area contributed by atoms with Gasteiger partial charge in [0.25, 0.3) is 0 Å². The van der Waals surface area contributed by atoms with Crippen LogP contribution in [0.2, 0.25) is 0 Å². The molecule has 0 radical (unpaired) electrons. The Labute approximate surface area is 163 Å². The highest BCUT2D eigenvalue weighted by molar-refractivity contribution is 5.79. The lowest BCUT2D eigenvalue weighted by molar-refractivity contribution is 0.265. The second-order valence-electron chi connectivity index (χ2n) is 6.79. The largest absolute Gasteiger partial charge is 0.492 e. The van der Waals surface area contributed by atoms with Gasteiger partial charge in [-0.25, -0.2) is 0 Å². The maximum absolute atomic E-state index is 5.70. The lowest BCUT2D eigenvalue weighted by Crippen LogP contribution is -2.39. The molecule has 2 aromatic carbocycles. The van der Waals surface area contributed by atoms with Crippen molar-refractivity contribution in [3.63, 3.8) is 0 Å². The Bertz CT molecular complexity index is 700. The van der Waals surface area contributed by atoms with Crippen molar-refractivity contribution >= 4 is 5.96 Å². The standard InChI is InChI=1S/C22H32N4O/c1-18(2)26(4)17-20-11-9-8-10-19(20)16-25-22(23-3)24-14-15-27-21-12-6-5-7-13-21/h5-13,18H,14-17H2,1-4H3,(H2,23,24,25). The predicted octanol–water partition coefficient (Wildman–Crippen LogP) is 3.27. The fraction of sp³-hybridized carbons (Fsp3) is 0.409. The summed E-state index contributed by atoms with van der Waals surface area (Å²) >= 11 is 0. The van der Waals surface area contributed by atoms with E-state index >= 15 is 0 Å². The van der Waals surface area contributed by atoms with Gasteiger partial charge in [-0.15, -0.1) is 0 Å². The zero-order chi connectivity index (χ0) is 19.5. The van der Waals surface area contributed by atoms with Crippen LogP contribution in [0.4, 0.5) is 0 Å². The van der Waals surface area contributed by atoms with Crippen LogP contribution >= 0.6 is 0 Å². The van der Waals surface area contributed by atoms with Gasteiger partial charge >= 0.3 is 0 Å². The van der Waals surface area contributed by atoms with Crippen LogP contribution < -0.4 is 15.4 Å². The number of hydrogen-bond donors (Lipinski definition) is 2. The van der Waals surface area contributed by atoms with Crippen LogP contribution in [0.1, 0.15) is 25.0 Å². The summed E-state index contributed by atoms with van der Waals surface area (Å²) in [6.45, 7) is 7.37. The summed E-state index contributed by atoms with van der Waals surface area (Å²) in [5.41, 5.74) is 2.62. The van der Waals surface area contributed by atoms with E-state index in [0.717, 1.165) is 24.8 Å². The molecule has 0 unspecified atom stereocenters. The average molecular weight is 369 g/mol. The van der Waals surface area contributed by atoms with E-state index < -0.39 is 0 Å². The molecule has 5 nitrogen and oxygen atoms in total. The number of nitrogens with zero attached hydrogens (tertiary/aromatic N) is 2. The topological polar surface area (TPSA) is 48.9 Å². The third-order valence-corrected chi connectivity index (χ3v) is 4.50. The number of hydrogen-bond acceptors (Lipinski definition) is 3. The molecule has 0 fully saturated rings. The minimum atomic E-state index is 0.519. The lowest BCUT2D eigenvalue weighted by Gasteiger charge is -2.23. The number of para-hydroxylation sites is 1. The van der Waals surface area contributed by atoms with Gasteiger partial charge in [-0.1, -0.05) is 42.5 Å². The molecule has 0 atom stereocenters. The first-order valence-corrected chi connectivity index (χ1v) is 9.49. The van der Waals surface area contributed by atoms with Crippen LogP contribution in [0.15, 0.2) is 59.6 Å². The summed E-state index contributed by atoms with van der Waals surface area (Å²) in [6, 6.07) is 18.9.